The minimum atomic E-state index is -0.261. The highest BCUT2D eigenvalue weighted by atomic mass is 32.2. The molecule has 0 unspecified atom stereocenters. The molecule has 2 aromatic rings. The fourth-order valence-corrected chi connectivity index (χ4v) is 5.04. The maximum absolute atomic E-state index is 12.4. The number of benzene rings is 1. The Morgan fingerprint density at radius 3 is 2.90 bits per heavy atom. The van der Waals surface area contributed by atoms with E-state index in [0.717, 1.165) is 29.3 Å². The molecule has 1 aliphatic rings. The van der Waals surface area contributed by atoms with E-state index in [1.54, 1.807) is 0 Å². The second-order valence-corrected chi connectivity index (χ2v) is 9.54. The molecular weight excluding hydrogens is 418 g/mol. The van der Waals surface area contributed by atoms with Crippen molar-refractivity contribution in [2.45, 2.75) is 44.9 Å². The molecule has 1 saturated heterocycles. The predicted molar refractivity (Wildman–Crippen MR) is 123 cm³/mol. The summed E-state index contributed by atoms with van der Waals surface area (Å²) in [5.74, 6) is 0.709. The molecule has 30 heavy (non-hydrogen) atoms. The molecule has 1 fully saturated rings. The van der Waals surface area contributed by atoms with Gasteiger partial charge in [0.2, 0.25) is 10.9 Å². The van der Waals surface area contributed by atoms with Crippen molar-refractivity contribution in [3.8, 4) is 0 Å². The first-order valence-electron chi connectivity index (χ1n) is 10.3. The lowest BCUT2D eigenvalue weighted by Crippen LogP contribution is -2.42. The van der Waals surface area contributed by atoms with Crippen LogP contribution in [0, 0.1) is 6.92 Å². The van der Waals surface area contributed by atoms with E-state index in [-0.39, 0.29) is 11.8 Å². The molecule has 9 heteroatoms. The SMILES string of the molecule is Cc1ccccc1NC(=O)c1nnc(CSCC(=O)NCCN2CCCC[C@@H]2C)s1. The van der Waals surface area contributed by atoms with E-state index in [2.05, 4.69) is 32.7 Å². The molecule has 0 saturated carbocycles. The molecule has 7 nitrogen and oxygen atoms in total. The molecular formula is C21H29N5O2S2. The summed E-state index contributed by atoms with van der Waals surface area (Å²) >= 11 is 2.74. The van der Waals surface area contributed by atoms with Crippen LogP contribution in [0.1, 0.15) is 46.6 Å². The molecule has 1 aromatic carbocycles. The largest absolute Gasteiger partial charge is 0.354 e. The minimum Gasteiger partial charge on any atom is -0.354 e. The summed E-state index contributed by atoms with van der Waals surface area (Å²) in [4.78, 5) is 26.9. The Morgan fingerprint density at radius 1 is 1.27 bits per heavy atom. The summed E-state index contributed by atoms with van der Waals surface area (Å²) in [7, 11) is 0. The average Bonchev–Trinajstić information content (AvgIpc) is 3.20. The molecule has 2 heterocycles. The maximum Gasteiger partial charge on any atom is 0.286 e. The number of piperidine rings is 1. The van der Waals surface area contributed by atoms with Gasteiger partial charge < -0.3 is 10.6 Å². The Balaban J connectivity index is 1.35. The van der Waals surface area contributed by atoms with E-state index >= 15 is 0 Å². The van der Waals surface area contributed by atoms with Crippen molar-refractivity contribution < 1.29 is 9.59 Å². The fourth-order valence-electron chi connectivity index (χ4n) is 3.40. The van der Waals surface area contributed by atoms with E-state index in [0.29, 0.717) is 29.1 Å². The molecule has 2 amide bonds. The van der Waals surface area contributed by atoms with Gasteiger partial charge in [0.15, 0.2) is 0 Å². The number of hydrogen-bond acceptors (Lipinski definition) is 7. The zero-order valence-electron chi connectivity index (χ0n) is 17.5. The molecule has 0 bridgehead atoms. The summed E-state index contributed by atoms with van der Waals surface area (Å²) in [5, 5.41) is 15.0. The van der Waals surface area contributed by atoms with Crippen LogP contribution in [0.3, 0.4) is 0 Å². The van der Waals surface area contributed by atoms with Gasteiger partial charge in [0.1, 0.15) is 5.01 Å². The first kappa shape index (κ1) is 22.7. The highest BCUT2D eigenvalue weighted by molar-refractivity contribution is 7.99. The van der Waals surface area contributed by atoms with Gasteiger partial charge in [-0.1, -0.05) is 36.0 Å². The summed E-state index contributed by atoms with van der Waals surface area (Å²) < 4.78 is 0. The lowest BCUT2D eigenvalue weighted by molar-refractivity contribution is -0.118. The summed E-state index contributed by atoms with van der Waals surface area (Å²) in [6.45, 7) is 6.92. The zero-order valence-corrected chi connectivity index (χ0v) is 19.2. The van der Waals surface area contributed by atoms with E-state index in [4.69, 9.17) is 0 Å². The average molecular weight is 448 g/mol. The van der Waals surface area contributed by atoms with Crippen molar-refractivity contribution in [3.63, 3.8) is 0 Å². The minimum absolute atomic E-state index is 0.0340. The number of carbonyl (C=O) groups excluding carboxylic acids is 2. The van der Waals surface area contributed by atoms with Crippen molar-refractivity contribution in [3.05, 3.63) is 39.8 Å². The summed E-state index contributed by atoms with van der Waals surface area (Å²) in [5.41, 5.74) is 1.76. The van der Waals surface area contributed by atoms with Crippen LogP contribution in [0.2, 0.25) is 0 Å². The van der Waals surface area contributed by atoms with Crippen molar-refractivity contribution >= 4 is 40.6 Å². The standard InChI is InChI=1S/C21H29N5O2S2/c1-15-7-3-4-9-17(15)23-20(28)21-25-24-19(30-21)14-29-13-18(27)22-10-12-26-11-6-5-8-16(26)2/h3-4,7,9,16H,5-6,8,10-14H2,1-2H3,(H,22,27)(H,23,28)/t16-/m0/s1. The first-order chi connectivity index (χ1) is 14.5. The summed E-state index contributed by atoms with van der Waals surface area (Å²) in [6, 6.07) is 8.21. The third-order valence-corrected chi connectivity index (χ3v) is 7.22. The van der Waals surface area contributed by atoms with Crippen LogP contribution in [0.15, 0.2) is 24.3 Å². The van der Waals surface area contributed by atoms with Gasteiger partial charge in [0, 0.05) is 30.6 Å². The van der Waals surface area contributed by atoms with Gasteiger partial charge in [-0.05, 0) is 44.9 Å². The highest BCUT2D eigenvalue weighted by Gasteiger charge is 2.18. The smallest absolute Gasteiger partial charge is 0.286 e. The maximum atomic E-state index is 12.4. The Bertz CT molecular complexity index is 857. The molecule has 1 atom stereocenters. The molecule has 0 aliphatic carbocycles. The van der Waals surface area contributed by atoms with Crippen LogP contribution >= 0.6 is 23.1 Å². The van der Waals surface area contributed by atoms with Gasteiger partial charge in [-0.25, -0.2) is 0 Å². The number of nitrogens with one attached hydrogen (secondary N) is 2. The number of aryl methyl sites for hydroxylation is 1. The normalized spacial score (nSPS) is 16.9. The van der Waals surface area contributed by atoms with Crippen molar-refractivity contribution in [2.24, 2.45) is 0 Å². The van der Waals surface area contributed by atoms with Gasteiger partial charge in [0.25, 0.3) is 5.91 Å². The van der Waals surface area contributed by atoms with E-state index < -0.39 is 0 Å². The highest BCUT2D eigenvalue weighted by Crippen LogP contribution is 2.19. The Morgan fingerprint density at radius 2 is 2.10 bits per heavy atom. The first-order valence-corrected chi connectivity index (χ1v) is 12.3. The second-order valence-electron chi connectivity index (χ2n) is 7.49. The number of aromatic nitrogens is 2. The summed E-state index contributed by atoms with van der Waals surface area (Å²) in [6.07, 6.45) is 3.80. The van der Waals surface area contributed by atoms with Crippen molar-refractivity contribution in [2.75, 3.05) is 30.7 Å². The third-order valence-electron chi connectivity index (χ3n) is 5.17. The third kappa shape index (κ3) is 6.78. The second kappa shape index (κ2) is 11.4. The molecule has 3 rings (SSSR count). The number of thioether (sulfide) groups is 1. The van der Waals surface area contributed by atoms with E-state index in [9.17, 15) is 9.59 Å². The van der Waals surface area contributed by atoms with E-state index in [1.165, 1.54) is 42.4 Å². The number of carbonyl (C=O) groups is 2. The van der Waals surface area contributed by atoms with E-state index in [1.807, 2.05) is 31.2 Å². The van der Waals surface area contributed by atoms with Gasteiger partial charge in [-0.3, -0.25) is 14.5 Å². The monoisotopic (exact) mass is 447 g/mol. The number of nitrogens with zero attached hydrogens (tertiary/aromatic N) is 3. The van der Waals surface area contributed by atoms with Gasteiger partial charge in [0.05, 0.1) is 5.75 Å². The van der Waals surface area contributed by atoms with Crippen molar-refractivity contribution in [1.82, 2.24) is 20.4 Å². The van der Waals surface area contributed by atoms with Crippen molar-refractivity contribution in [1.29, 1.82) is 0 Å². The number of likely N-dealkylation sites (tertiary alicyclic amines) is 1. The molecule has 1 aliphatic heterocycles. The van der Waals surface area contributed by atoms with Crippen LogP contribution in [0.4, 0.5) is 5.69 Å². The molecule has 2 N–H and O–H groups in total. The lowest BCUT2D eigenvalue weighted by Gasteiger charge is -2.33. The van der Waals surface area contributed by atoms with Crippen LogP contribution in [0.5, 0.6) is 0 Å². The number of anilines is 1. The van der Waals surface area contributed by atoms with Crippen LogP contribution in [-0.4, -0.2) is 58.3 Å². The van der Waals surface area contributed by atoms with Gasteiger partial charge in [-0.2, -0.15) is 0 Å². The molecule has 0 spiro atoms. The number of rotatable bonds is 9. The zero-order chi connectivity index (χ0) is 21.3. The molecule has 1 aromatic heterocycles. The van der Waals surface area contributed by atoms with Crippen LogP contribution < -0.4 is 10.6 Å². The van der Waals surface area contributed by atoms with Gasteiger partial charge in [-0.15, -0.1) is 22.0 Å². The fraction of sp³-hybridized carbons (Fsp3) is 0.524. The lowest BCUT2D eigenvalue weighted by atomic mass is 10.0. The Kier molecular flexibility index (Phi) is 8.65. The van der Waals surface area contributed by atoms with Crippen LogP contribution in [-0.2, 0) is 10.5 Å². The Labute approximate surface area is 186 Å². The predicted octanol–water partition coefficient (Wildman–Crippen LogP) is 3.32. The topological polar surface area (TPSA) is 87.2 Å². The van der Waals surface area contributed by atoms with Crippen LogP contribution in [0.25, 0.3) is 0 Å². The molecule has 0 radical (unpaired) electrons. The van der Waals surface area contributed by atoms with Gasteiger partial charge >= 0.3 is 0 Å². The quantitative estimate of drug-likeness (QED) is 0.613. The Hall–Kier alpha value is -1.97. The number of hydrogen-bond donors (Lipinski definition) is 2. The molecule has 162 valence electrons. The number of para-hydroxylation sites is 1. The number of amides is 2.